The standard InChI is InChI=1S/C36H32N4O4/c1-44-24-17-15-23(16-18-24)21-37-34(41)30(19-22-9-3-2-4-10-22)39-35(42)31-20-28-25-11-7-8-14-29(25)38-32(28)33-26-12-5-6-13-27(26)36(43)40(31)33/h2-18,30-31,33,38H,19-21H2,1H3,(H,37,41)(H,39,42)/t30-,31-,33+/m0/s1. The normalized spacial score (nSPS) is 17.4. The van der Waals surface area contributed by atoms with Crippen LogP contribution in [0.3, 0.4) is 0 Å². The van der Waals surface area contributed by atoms with Crippen molar-refractivity contribution in [1.29, 1.82) is 0 Å². The Morgan fingerprint density at radius 3 is 2.43 bits per heavy atom. The lowest BCUT2D eigenvalue weighted by atomic mass is 9.89. The molecule has 3 atom stereocenters. The number of H-pyrrole nitrogens is 1. The second-order valence-electron chi connectivity index (χ2n) is 11.3. The molecule has 0 aliphatic carbocycles. The summed E-state index contributed by atoms with van der Waals surface area (Å²) in [4.78, 5) is 46.9. The first-order valence-corrected chi connectivity index (χ1v) is 14.8. The van der Waals surface area contributed by atoms with Crippen molar-refractivity contribution in [2.24, 2.45) is 0 Å². The largest absolute Gasteiger partial charge is 0.497 e. The van der Waals surface area contributed by atoms with E-state index < -0.39 is 18.1 Å². The summed E-state index contributed by atoms with van der Waals surface area (Å²) in [5.41, 5.74) is 6.23. The molecule has 220 valence electrons. The second-order valence-corrected chi connectivity index (χ2v) is 11.3. The summed E-state index contributed by atoms with van der Waals surface area (Å²) in [6.45, 7) is 0.300. The van der Waals surface area contributed by atoms with E-state index in [0.29, 0.717) is 24.9 Å². The molecule has 1 aromatic heterocycles. The molecule has 3 amide bonds. The molecule has 0 radical (unpaired) electrons. The average molecular weight is 585 g/mol. The Balaban J connectivity index is 1.19. The van der Waals surface area contributed by atoms with Gasteiger partial charge in [-0.2, -0.15) is 0 Å². The lowest BCUT2D eigenvalue weighted by Gasteiger charge is -2.37. The molecule has 4 aromatic carbocycles. The summed E-state index contributed by atoms with van der Waals surface area (Å²) in [7, 11) is 1.61. The molecule has 0 spiro atoms. The van der Waals surface area contributed by atoms with Gasteiger partial charge in [0.05, 0.1) is 13.2 Å². The molecule has 8 heteroatoms. The molecule has 44 heavy (non-hydrogen) atoms. The first-order valence-electron chi connectivity index (χ1n) is 14.8. The fraction of sp³-hybridized carbons (Fsp3) is 0.194. The van der Waals surface area contributed by atoms with E-state index in [9.17, 15) is 14.4 Å². The number of hydrogen-bond donors (Lipinski definition) is 3. The van der Waals surface area contributed by atoms with Gasteiger partial charge in [0.25, 0.3) is 5.91 Å². The van der Waals surface area contributed by atoms with Gasteiger partial charge in [0.15, 0.2) is 0 Å². The quantitative estimate of drug-likeness (QED) is 0.246. The van der Waals surface area contributed by atoms with Gasteiger partial charge in [-0.05, 0) is 46.5 Å². The molecule has 0 bridgehead atoms. The molecule has 3 heterocycles. The zero-order chi connectivity index (χ0) is 30.2. The van der Waals surface area contributed by atoms with E-state index in [1.807, 2.05) is 103 Å². The predicted octanol–water partition coefficient (Wildman–Crippen LogP) is 4.69. The summed E-state index contributed by atoms with van der Waals surface area (Å²) in [6.07, 6.45) is 0.649. The molecule has 3 N–H and O–H groups in total. The van der Waals surface area contributed by atoms with Crippen LogP contribution in [0.4, 0.5) is 0 Å². The maximum absolute atomic E-state index is 14.2. The number of amides is 3. The summed E-state index contributed by atoms with van der Waals surface area (Å²) in [5, 5.41) is 7.07. The number of benzene rings is 4. The summed E-state index contributed by atoms with van der Waals surface area (Å²) >= 11 is 0. The second kappa shape index (κ2) is 11.4. The topological polar surface area (TPSA) is 104 Å². The summed E-state index contributed by atoms with van der Waals surface area (Å²) < 4.78 is 5.23. The third-order valence-corrected chi connectivity index (χ3v) is 8.70. The highest BCUT2D eigenvalue weighted by molar-refractivity contribution is 6.04. The van der Waals surface area contributed by atoms with E-state index in [0.717, 1.165) is 44.6 Å². The molecule has 7 rings (SSSR count). The molecular formula is C36H32N4O4. The number of carbonyl (C=O) groups is 3. The average Bonchev–Trinajstić information content (AvgIpc) is 3.59. The van der Waals surface area contributed by atoms with E-state index in [1.165, 1.54) is 0 Å². The van der Waals surface area contributed by atoms with Gasteiger partial charge >= 0.3 is 0 Å². The number of nitrogens with one attached hydrogen (secondary N) is 3. The van der Waals surface area contributed by atoms with Crippen LogP contribution in [0.2, 0.25) is 0 Å². The van der Waals surface area contributed by atoms with Crippen molar-refractivity contribution in [2.75, 3.05) is 7.11 Å². The Bertz CT molecular complexity index is 1860. The van der Waals surface area contributed by atoms with Crippen molar-refractivity contribution in [3.8, 4) is 5.75 Å². The number of para-hydroxylation sites is 1. The Morgan fingerprint density at radius 1 is 0.909 bits per heavy atom. The number of aromatic nitrogens is 1. The maximum atomic E-state index is 14.2. The van der Waals surface area contributed by atoms with Crippen LogP contribution in [-0.4, -0.2) is 46.8 Å². The van der Waals surface area contributed by atoms with Crippen molar-refractivity contribution in [3.05, 3.63) is 137 Å². The Hall–Kier alpha value is -5.37. The molecule has 2 aliphatic rings. The number of methoxy groups -OCH3 is 1. The minimum Gasteiger partial charge on any atom is -0.497 e. The number of nitrogens with zero attached hydrogens (tertiary/aromatic N) is 1. The number of carbonyl (C=O) groups excluding carboxylic acids is 3. The Kier molecular flexibility index (Phi) is 7.10. The van der Waals surface area contributed by atoms with Crippen molar-refractivity contribution >= 4 is 28.6 Å². The summed E-state index contributed by atoms with van der Waals surface area (Å²) in [6, 6.07) is 30.6. The maximum Gasteiger partial charge on any atom is 0.255 e. The van der Waals surface area contributed by atoms with Crippen LogP contribution in [-0.2, 0) is 29.0 Å². The molecule has 0 unspecified atom stereocenters. The van der Waals surface area contributed by atoms with Gasteiger partial charge in [0.2, 0.25) is 11.8 Å². The van der Waals surface area contributed by atoms with E-state index in [2.05, 4.69) is 15.6 Å². The van der Waals surface area contributed by atoms with Crippen molar-refractivity contribution in [3.63, 3.8) is 0 Å². The van der Waals surface area contributed by atoms with Gasteiger partial charge in [-0.25, -0.2) is 0 Å². The van der Waals surface area contributed by atoms with E-state index in [4.69, 9.17) is 4.74 Å². The highest BCUT2D eigenvalue weighted by Gasteiger charge is 2.49. The zero-order valence-electron chi connectivity index (χ0n) is 24.2. The highest BCUT2D eigenvalue weighted by atomic mass is 16.5. The molecule has 0 fully saturated rings. The number of aromatic amines is 1. The van der Waals surface area contributed by atoms with Crippen LogP contribution in [0, 0.1) is 0 Å². The van der Waals surface area contributed by atoms with Crippen LogP contribution in [0.25, 0.3) is 10.9 Å². The molecular weight excluding hydrogens is 552 g/mol. The number of ether oxygens (including phenoxy) is 1. The van der Waals surface area contributed by atoms with Crippen molar-refractivity contribution in [1.82, 2.24) is 20.5 Å². The SMILES string of the molecule is COc1ccc(CNC(=O)[C@H](Cc2ccccc2)NC(=O)[C@@H]2Cc3c([nH]c4ccccc34)[C@H]3c4ccccc4C(=O)N32)cc1. The van der Waals surface area contributed by atoms with Crippen molar-refractivity contribution < 1.29 is 19.1 Å². The first-order chi connectivity index (χ1) is 21.5. The van der Waals surface area contributed by atoms with Crippen LogP contribution in [0.5, 0.6) is 5.75 Å². The van der Waals surface area contributed by atoms with Crippen LogP contribution >= 0.6 is 0 Å². The Labute approximate surface area is 255 Å². The Morgan fingerprint density at radius 2 is 1.64 bits per heavy atom. The van der Waals surface area contributed by atoms with Gasteiger partial charge in [-0.3, -0.25) is 14.4 Å². The number of fused-ring (bicyclic) bond motifs is 7. The third kappa shape index (κ3) is 4.88. The molecule has 2 aliphatic heterocycles. The van der Waals surface area contributed by atoms with Crippen molar-refractivity contribution in [2.45, 2.75) is 37.5 Å². The van der Waals surface area contributed by atoms with Gasteiger partial charge in [-0.1, -0.05) is 78.9 Å². The van der Waals surface area contributed by atoms with Gasteiger partial charge < -0.3 is 25.3 Å². The molecule has 0 saturated heterocycles. The number of hydrogen-bond acceptors (Lipinski definition) is 4. The van der Waals surface area contributed by atoms with Crippen LogP contribution in [0.15, 0.2) is 103 Å². The van der Waals surface area contributed by atoms with E-state index in [-0.39, 0.29) is 17.7 Å². The highest BCUT2D eigenvalue weighted by Crippen LogP contribution is 2.46. The smallest absolute Gasteiger partial charge is 0.255 e. The minimum absolute atomic E-state index is 0.182. The monoisotopic (exact) mass is 584 g/mol. The molecule has 0 saturated carbocycles. The zero-order valence-corrected chi connectivity index (χ0v) is 24.2. The molecule has 8 nitrogen and oxygen atoms in total. The third-order valence-electron chi connectivity index (χ3n) is 8.70. The molecule has 5 aromatic rings. The predicted molar refractivity (Wildman–Crippen MR) is 167 cm³/mol. The lowest BCUT2D eigenvalue weighted by Crippen LogP contribution is -2.57. The van der Waals surface area contributed by atoms with E-state index >= 15 is 0 Å². The van der Waals surface area contributed by atoms with Gasteiger partial charge in [0.1, 0.15) is 17.8 Å². The van der Waals surface area contributed by atoms with Gasteiger partial charge in [-0.15, -0.1) is 0 Å². The fourth-order valence-corrected chi connectivity index (χ4v) is 6.52. The number of rotatable bonds is 8. The summed E-state index contributed by atoms with van der Waals surface area (Å²) in [5.74, 6) is -0.0995. The van der Waals surface area contributed by atoms with Gasteiger partial charge in [0, 0.05) is 41.5 Å². The fourth-order valence-electron chi connectivity index (χ4n) is 6.52. The minimum atomic E-state index is -0.842. The van der Waals surface area contributed by atoms with Crippen LogP contribution < -0.4 is 15.4 Å². The first kappa shape index (κ1) is 27.5. The van der Waals surface area contributed by atoms with E-state index in [1.54, 1.807) is 12.0 Å². The van der Waals surface area contributed by atoms with Crippen LogP contribution in [0.1, 0.15) is 44.3 Å². The lowest BCUT2D eigenvalue weighted by molar-refractivity contribution is -0.132.